The van der Waals surface area contributed by atoms with Crippen molar-refractivity contribution in [3.8, 4) is 0 Å². The molecule has 0 aliphatic carbocycles. The van der Waals surface area contributed by atoms with Gasteiger partial charge in [-0.25, -0.2) is 0 Å². The molecule has 3 aliphatic heterocycles. The molecule has 2 atom stereocenters. The van der Waals surface area contributed by atoms with Crippen LogP contribution in [0.2, 0.25) is 0 Å². The monoisotopic (exact) mass is 284 g/mol. The third kappa shape index (κ3) is 2.11. The summed E-state index contributed by atoms with van der Waals surface area (Å²) < 4.78 is 2.33. The van der Waals surface area contributed by atoms with Gasteiger partial charge in [-0.15, -0.1) is 0 Å². The summed E-state index contributed by atoms with van der Waals surface area (Å²) in [7, 11) is 0. The van der Waals surface area contributed by atoms with E-state index in [0.29, 0.717) is 12.0 Å². The largest absolute Gasteiger partial charge is 0.391 e. The van der Waals surface area contributed by atoms with Gasteiger partial charge in [0, 0.05) is 29.7 Å². The second-order valence-corrected chi connectivity index (χ2v) is 6.59. The van der Waals surface area contributed by atoms with Crippen LogP contribution >= 0.6 is 0 Å². The lowest BCUT2D eigenvalue weighted by Crippen LogP contribution is -2.58. The molecular formula is C18H24N2O. The average molecular weight is 284 g/mol. The molecule has 3 heteroatoms. The van der Waals surface area contributed by atoms with Gasteiger partial charge >= 0.3 is 0 Å². The Hall–Kier alpha value is -1.32. The summed E-state index contributed by atoms with van der Waals surface area (Å²) in [6.45, 7) is 5.52. The van der Waals surface area contributed by atoms with E-state index in [-0.39, 0.29) is 6.10 Å². The fourth-order valence-corrected chi connectivity index (χ4v) is 4.35. The van der Waals surface area contributed by atoms with E-state index in [4.69, 9.17) is 0 Å². The van der Waals surface area contributed by atoms with Crippen LogP contribution in [0.25, 0.3) is 10.9 Å². The number of fused-ring (bicyclic) bond motifs is 4. The highest BCUT2D eigenvalue weighted by atomic mass is 16.3. The summed E-state index contributed by atoms with van der Waals surface area (Å²) in [4.78, 5) is 2.50. The molecule has 21 heavy (non-hydrogen) atoms. The molecule has 2 unspecified atom stereocenters. The zero-order valence-corrected chi connectivity index (χ0v) is 12.7. The number of rotatable bonds is 3. The van der Waals surface area contributed by atoms with Crippen molar-refractivity contribution in [2.24, 2.45) is 5.92 Å². The van der Waals surface area contributed by atoms with Gasteiger partial charge in [0.15, 0.2) is 0 Å². The van der Waals surface area contributed by atoms with Gasteiger partial charge in [0.05, 0.1) is 6.10 Å². The molecule has 0 saturated carbocycles. The second kappa shape index (κ2) is 5.15. The number of para-hydroxylation sites is 1. The number of aryl methyl sites for hydroxylation is 1. The van der Waals surface area contributed by atoms with E-state index in [0.717, 1.165) is 13.0 Å². The van der Waals surface area contributed by atoms with E-state index in [1.165, 1.54) is 42.4 Å². The molecular weight excluding hydrogens is 260 g/mol. The first-order valence-electron chi connectivity index (χ1n) is 8.26. The summed E-state index contributed by atoms with van der Waals surface area (Å²) >= 11 is 0. The van der Waals surface area contributed by atoms with Gasteiger partial charge in [-0.2, -0.15) is 0 Å². The topological polar surface area (TPSA) is 28.4 Å². The van der Waals surface area contributed by atoms with Crippen molar-refractivity contribution in [1.29, 1.82) is 0 Å². The number of nitrogens with zero attached hydrogens (tertiary/aromatic N) is 2. The Bertz CT molecular complexity index is 638. The van der Waals surface area contributed by atoms with Crippen molar-refractivity contribution < 1.29 is 5.11 Å². The number of piperidine rings is 3. The molecule has 112 valence electrons. The highest BCUT2D eigenvalue weighted by molar-refractivity contribution is 5.84. The maximum atomic E-state index is 10.6. The first-order chi connectivity index (χ1) is 10.3. The summed E-state index contributed by atoms with van der Waals surface area (Å²) in [5.74, 6) is 0.527. The molecule has 3 nitrogen and oxygen atoms in total. The maximum Gasteiger partial charge on any atom is 0.0727 e. The Labute approximate surface area is 126 Å². The van der Waals surface area contributed by atoms with Gasteiger partial charge in [-0.3, -0.25) is 4.90 Å². The van der Waals surface area contributed by atoms with Crippen LogP contribution in [0.15, 0.2) is 30.5 Å². The van der Waals surface area contributed by atoms with Crippen molar-refractivity contribution in [3.63, 3.8) is 0 Å². The van der Waals surface area contributed by atoms with E-state index in [1.54, 1.807) is 0 Å². The lowest BCUT2D eigenvalue weighted by atomic mass is 9.78. The highest BCUT2D eigenvalue weighted by Crippen LogP contribution is 2.35. The minimum absolute atomic E-state index is 0.142. The van der Waals surface area contributed by atoms with Gasteiger partial charge < -0.3 is 9.67 Å². The highest BCUT2D eigenvalue weighted by Gasteiger charge is 2.41. The number of aliphatic hydroxyl groups is 1. The van der Waals surface area contributed by atoms with Crippen molar-refractivity contribution in [2.75, 3.05) is 13.1 Å². The number of hydrogen-bond acceptors (Lipinski definition) is 2. The number of benzene rings is 1. The fraction of sp³-hybridized carbons (Fsp3) is 0.556. The SMILES string of the molecule is CCn1cc(CC2C(O)C3CCN2CC3)c2ccccc21. The molecule has 0 spiro atoms. The molecule has 3 saturated heterocycles. The summed E-state index contributed by atoms with van der Waals surface area (Å²) in [5.41, 5.74) is 2.71. The van der Waals surface area contributed by atoms with Crippen LogP contribution in [0.4, 0.5) is 0 Å². The van der Waals surface area contributed by atoms with E-state index >= 15 is 0 Å². The molecule has 2 aromatic rings. The van der Waals surface area contributed by atoms with Crippen LogP contribution in [0.1, 0.15) is 25.3 Å². The Morgan fingerprint density at radius 3 is 2.67 bits per heavy atom. The van der Waals surface area contributed by atoms with E-state index in [1.807, 2.05) is 0 Å². The molecule has 5 rings (SSSR count). The van der Waals surface area contributed by atoms with Gasteiger partial charge in [-0.1, -0.05) is 18.2 Å². The number of aliphatic hydroxyl groups excluding tert-OH is 1. The Balaban J connectivity index is 1.68. The molecule has 1 aromatic carbocycles. The quantitative estimate of drug-likeness (QED) is 0.938. The van der Waals surface area contributed by atoms with Crippen LogP contribution in [-0.2, 0) is 13.0 Å². The van der Waals surface area contributed by atoms with Gasteiger partial charge in [0.1, 0.15) is 0 Å². The van der Waals surface area contributed by atoms with Crippen LogP contribution in [0.5, 0.6) is 0 Å². The molecule has 0 amide bonds. The standard InChI is InChI=1S/C18H24N2O/c1-2-19-12-14(15-5-3-4-6-16(15)19)11-17-18(21)13-7-9-20(17)10-8-13/h3-6,12-13,17-18,21H,2,7-11H2,1H3. The van der Waals surface area contributed by atoms with Crippen molar-refractivity contribution in [1.82, 2.24) is 9.47 Å². The van der Waals surface area contributed by atoms with E-state index in [9.17, 15) is 5.11 Å². The van der Waals surface area contributed by atoms with Crippen molar-refractivity contribution >= 4 is 10.9 Å². The van der Waals surface area contributed by atoms with Gasteiger partial charge in [0.25, 0.3) is 0 Å². The van der Waals surface area contributed by atoms with E-state index in [2.05, 4.69) is 46.9 Å². The lowest BCUT2D eigenvalue weighted by Gasteiger charge is -2.49. The molecule has 1 aromatic heterocycles. The summed E-state index contributed by atoms with van der Waals surface area (Å²) in [6, 6.07) is 8.97. The van der Waals surface area contributed by atoms with Gasteiger partial charge in [-0.05, 0) is 56.8 Å². The molecule has 1 N–H and O–H groups in total. The van der Waals surface area contributed by atoms with Crippen molar-refractivity contribution in [2.45, 2.75) is 44.9 Å². The third-order valence-electron chi connectivity index (χ3n) is 5.56. The van der Waals surface area contributed by atoms with Crippen LogP contribution < -0.4 is 0 Å². The Morgan fingerprint density at radius 1 is 1.19 bits per heavy atom. The van der Waals surface area contributed by atoms with E-state index < -0.39 is 0 Å². The van der Waals surface area contributed by atoms with Crippen LogP contribution in [0, 0.1) is 5.92 Å². The summed E-state index contributed by atoms with van der Waals surface area (Å²) in [5, 5.41) is 12.0. The Kier molecular flexibility index (Phi) is 3.27. The zero-order chi connectivity index (χ0) is 14.4. The molecule has 2 bridgehead atoms. The normalized spacial score (nSPS) is 31.9. The second-order valence-electron chi connectivity index (χ2n) is 6.59. The fourth-order valence-electron chi connectivity index (χ4n) is 4.35. The number of aromatic nitrogens is 1. The first kappa shape index (κ1) is 13.4. The molecule has 0 radical (unpaired) electrons. The molecule has 4 heterocycles. The van der Waals surface area contributed by atoms with Gasteiger partial charge in [0.2, 0.25) is 0 Å². The smallest absolute Gasteiger partial charge is 0.0727 e. The van der Waals surface area contributed by atoms with Crippen LogP contribution in [0.3, 0.4) is 0 Å². The minimum atomic E-state index is -0.142. The maximum absolute atomic E-state index is 10.6. The third-order valence-corrected chi connectivity index (χ3v) is 5.56. The first-order valence-corrected chi connectivity index (χ1v) is 8.26. The lowest BCUT2D eigenvalue weighted by molar-refractivity contribution is -0.0714. The minimum Gasteiger partial charge on any atom is -0.391 e. The zero-order valence-electron chi connectivity index (χ0n) is 12.7. The number of hydrogen-bond donors (Lipinski definition) is 1. The Morgan fingerprint density at radius 2 is 1.95 bits per heavy atom. The van der Waals surface area contributed by atoms with Crippen molar-refractivity contribution in [3.05, 3.63) is 36.0 Å². The molecule has 3 fully saturated rings. The summed E-state index contributed by atoms with van der Waals surface area (Å²) in [6.07, 6.45) is 5.48. The van der Waals surface area contributed by atoms with Crippen LogP contribution in [-0.4, -0.2) is 39.8 Å². The average Bonchev–Trinajstić information content (AvgIpc) is 2.89. The predicted molar refractivity (Wildman–Crippen MR) is 85.4 cm³/mol. The predicted octanol–water partition coefficient (Wildman–Crippen LogP) is 2.66. The molecule has 3 aliphatic rings.